The third-order valence-corrected chi connectivity index (χ3v) is 8.39. The van der Waals surface area contributed by atoms with E-state index in [0.29, 0.717) is 36.2 Å². The summed E-state index contributed by atoms with van der Waals surface area (Å²) in [5.74, 6) is 4.10. The van der Waals surface area contributed by atoms with Gasteiger partial charge in [-0.1, -0.05) is 30.4 Å². The number of unbranched alkanes of at least 4 members (excludes halogenated alkanes) is 3. The number of nitrogens with zero attached hydrogens (tertiary/aromatic N) is 1. The van der Waals surface area contributed by atoms with Crippen LogP contribution in [0.25, 0.3) is 32.9 Å². The first-order valence-electron chi connectivity index (χ1n) is 15.0. The average molecular weight is 626 g/mol. The molecule has 8 heteroatoms. The first kappa shape index (κ1) is 31.7. The van der Waals surface area contributed by atoms with Crippen molar-refractivity contribution in [3.05, 3.63) is 90.0 Å². The molecule has 4 aromatic carbocycles. The Morgan fingerprint density at radius 2 is 1.24 bits per heavy atom. The Hall–Kier alpha value is -4.69. The van der Waals surface area contributed by atoms with E-state index < -0.39 is 0 Å². The molecule has 0 amide bonds. The number of thiazole rings is 1. The highest BCUT2D eigenvalue weighted by Crippen LogP contribution is 2.39. The molecule has 0 unspecified atom stereocenters. The van der Waals surface area contributed by atoms with Gasteiger partial charge in [-0.2, -0.15) is 0 Å². The summed E-state index contributed by atoms with van der Waals surface area (Å²) in [4.78, 5) is 4.74. The highest BCUT2D eigenvalue weighted by molar-refractivity contribution is 7.21. The molecule has 1 aromatic heterocycles. The third kappa shape index (κ3) is 8.28. The molecule has 234 valence electrons. The summed E-state index contributed by atoms with van der Waals surface area (Å²) in [7, 11) is 6.47. The van der Waals surface area contributed by atoms with Crippen LogP contribution in [0, 0.1) is 0 Å². The van der Waals surface area contributed by atoms with Crippen LogP contribution in [0.3, 0.4) is 0 Å². The number of para-hydroxylation sites is 1. The first-order chi connectivity index (χ1) is 22.1. The molecule has 0 aliphatic carbocycles. The lowest BCUT2D eigenvalue weighted by atomic mass is 10.1. The van der Waals surface area contributed by atoms with E-state index in [-0.39, 0.29) is 0 Å². The van der Waals surface area contributed by atoms with Gasteiger partial charge in [0, 0.05) is 5.56 Å². The molecule has 0 N–H and O–H groups in total. The van der Waals surface area contributed by atoms with Crippen LogP contribution >= 0.6 is 11.3 Å². The maximum absolute atomic E-state index is 6.12. The van der Waals surface area contributed by atoms with Gasteiger partial charge in [0.15, 0.2) is 23.0 Å². The molecule has 0 saturated heterocycles. The molecule has 0 fully saturated rings. The maximum Gasteiger partial charge on any atom is 0.203 e. The normalized spacial score (nSPS) is 11.1. The van der Waals surface area contributed by atoms with Gasteiger partial charge >= 0.3 is 0 Å². The molecule has 5 aromatic rings. The summed E-state index contributed by atoms with van der Waals surface area (Å²) in [6, 6.07) is 26.2. The minimum absolute atomic E-state index is 0.566. The van der Waals surface area contributed by atoms with Crippen LogP contribution in [0.4, 0.5) is 0 Å². The highest BCUT2D eigenvalue weighted by atomic mass is 32.1. The third-order valence-electron chi connectivity index (χ3n) is 7.30. The second kappa shape index (κ2) is 15.9. The zero-order valence-corrected chi connectivity index (χ0v) is 27.0. The predicted octanol–water partition coefficient (Wildman–Crippen LogP) is 9.19. The van der Waals surface area contributed by atoms with E-state index in [0.717, 1.165) is 64.4 Å². The fourth-order valence-electron chi connectivity index (χ4n) is 4.92. The Morgan fingerprint density at radius 3 is 1.91 bits per heavy atom. The molecular formula is C37H39NO6S. The predicted molar refractivity (Wildman–Crippen MR) is 183 cm³/mol. The lowest BCUT2D eigenvalue weighted by molar-refractivity contribution is 0.277. The number of rotatable bonds is 16. The SMILES string of the molecule is COc1ccc(/C=C\c2cc(OC)c(OC)c(OC)c2)cc1OCCCCCCOc1ccc(-c2nc3ccccc3s2)cc1. The van der Waals surface area contributed by atoms with E-state index in [1.165, 1.54) is 4.70 Å². The van der Waals surface area contributed by atoms with Crippen molar-refractivity contribution in [3.63, 3.8) is 0 Å². The first-order valence-corrected chi connectivity index (χ1v) is 15.8. The fourth-order valence-corrected chi connectivity index (χ4v) is 5.89. The van der Waals surface area contributed by atoms with Crippen LogP contribution in [0.15, 0.2) is 78.9 Å². The fraction of sp³-hybridized carbons (Fsp3) is 0.270. The van der Waals surface area contributed by atoms with E-state index in [1.807, 2.05) is 72.8 Å². The van der Waals surface area contributed by atoms with Gasteiger partial charge in [-0.25, -0.2) is 4.98 Å². The Balaban J connectivity index is 1.05. The number of benzene rings is 4. The molecule has 0 spiro atoms. The lowest BCUT2D eigenvalue weighted by Crippen LogP contribution is -2.01. The summed E-state index contributed by atoms with van der Waals surface area (Å²) in [6.07, 6.45) is 8.08. The number of fused-ring (bicyclic) bond motifs is 1. The topological polar surface area (TPSA) is 68.3 Å². The van der Waals surface area contributed by atoms with Crippen molar-refractivity contribution in [2.75, 3.05) is 41.7 Å². The van der Waals surface area contributed by atoms with E-state index in [9.17, 15) is 0 Å². The Kier molecular flexibility index (Phi) is 11.2. The van der Waals surface area contributed by atoms with Gasteiger partial charge in [-0.15, -0.1) is 11.3 Å². The minimum atomic E-state index is 0.566. The number of hydrogen-bond donors (Lipinski definition) is 0. The Morgan fingerprint density at radius 1 is 0.600 bits per heavy atom. The van der Waals surface area contributed by atoms with E-state index in [1.54, 1.807) is 39.8 Å². The number of ether oxygens (including phenoxy) is 6. The quantitative estimate of drug-likeness (QED) is 0.0800. The maximum atomic E-state index is 6.12. The van der Waals surface area contributed by atoms with E-state index in [2.05, 4.69) is 18.2 Å². The van der Waals surface area contributed by atoms with Crippen molar-refractivity contribution < 1.29 is 28.4 Å². The summed E-state index contributed by atoms with van der Waals surface area (Å²) in [5, 5.41) is 1.03. The smallest absolute Gasteiger partial charge is 0.203 e. The van der Waals surface area contributed by atoms with E-state index in [4.69, 9.17) is 33.4 Å². The monoisotopic (exact) mass is 625 g/mol. The largest absolute Gasteiger partial charge is 0.494 e. The lowest BCUT2D eigenvalue weighted by Gasteiger charge is -2.13. The molecule has 0 atom stereocenters. The molecule has 0 radical (unpaired) electrons. The van der Waals surface area contributed by atoms with Crippen LogP contribution < -0.4 is 28.4 Å². The van der Waals surface area contributed by atoms with Gasteiger partial charge in [0.05, 0.1) is 51.9 Å². The number of methoxy groups -OCH3 is 4. The van der Waals surface area contributed by atoms with Gasteiger partial charge < -0.3 is 28.4 Å². The van der Waals surface area contributed by atoms with Crippen molar-refractivity contribution in [2.45, 2.75) is 25.7 Å². The van der Waals surface area contributed by atoms with Gasteiger partial charge in [0.2, 0.25) is 5.75 Å². The van der Waals surface area contributed by atoms with Gasteiger partial charge in [0.1, 0.15) is 10.8 Å². The standard InChI is InChI=1S/C37H39NO6S/c1-39-31-20-15-26(13-14-27-24-33(40-2)36(42-4)34(25-27)41-3)23-32(31)44-22-10-6-5-9-21-43-29-18-16-28(17-19-29)37-38-30-11-7-8-12-35(30)45-37/h7-8,11-20,23-25H,5-6,9-10,21-22H2,1-4H3/b14-13-. The van der Waals surface area contributed by atoms with Crippen LogP contribution in [0.5, 0.6) is 34.5 Å². The summed E-state index contributed by atoms with van der Waals surface area (Å²) in [5.41, 5.74) is 4.07. The Labute approximate surface area is 269 Å². The van der Waals surface area contributed by atoms with Crippen molar-refractivity contribution in [1.29, 1.82) is 0 Å². The van der Waals surface area contributed by atoms with Crippen LogP contribution in [-0.2, 0) is 0 Å². The van der Waals surface area contributed by atoms with Gasteiger partial charge in [-0.3, -0.25) is 0 Å². The van der Waals surface area contributed by atoms with Crippen LogP contribution in [0.2, 0.25) is 0 Å². The van der Waals surface area contributed by atoms with Crippen LogP contribution in [-0.4, -0.2) is 46.6 Å². The van der Waals surface area contributed by atoms with Crippen LogP contribution in [0.1, 0.15) is 36.8 Å². The molecule has 0 aliphatic heterocycles. The molecule has 5 rings (SSSR count). The Bertz CT molecular complexity index is 1650. The van der Waals surface area contributed by atoms with Crippen molar-refractivity contribution in [1.82, 2.24) is 4.98 Å². The van der Waals surface area contributed by atoms with Crippen molar-refractivity contribution in [3.8, 4) is 45.1 Å². The van der Waals surface area contributed by atoms with Gasteiger partial charge in [-0.05, 0) is 97.5 Å². The molecule has 0 saturated carbocycles. The summed E-state index contributed by atoms with van der Waals surface area (Å²) >= 11 is 1.71. The number of aromatic nitrogens is 1. The minimum Gasteiger partial charge on any atom is -0.494 e. The second-order valence-electron chi connectivity index (χ2n) is 10.3. The molecule has 45 heavy (non-hydrogen) atoms. The molecular weight excluding hydrogens is 586 g/mol. The van der Waals surface area contributed by atoms with Gasteiger partial charge in [0.25, 0.3) is 0 Å². The zero-order valence-electron chi connectivity index (χ0n) is 26.2. The molecule has 0 aliphatic rings. The molecule has 7 nitrogen and oxygen atoms in total. The van der Waals surface area contributed by atoms with E-state index >= 15 is 0 Å². The van der Waals surface area contributed by atoms with Crippen molar-refractivity contribution in [2.24, 2.45) is 0 Å². The molecule has 0 bridgehead atoms. The average Bonchev–Trinajstić information content (AvgIpc) is 3.52. The zero-order chi connectivity index (χ0) is 31.4. The van der Waals surface area contributed by atoms with Crippen molar-refractivity contribution >= 4 is 33.7 Å². The summed E-state index contributed by atoms with van der Waals surface area (Å²) in [6.45, 7) is 1.31. The number of hydrogen-bond acceptors (Lipinski definition) is 8. The summed E-state index contributed by atoms with van der Waals surface area (Å²) < 4.78 is 35.2. The molecule has 1 heterocycles. The highest BCUT2D eigenvalue weighted by Gasteiger charge is 2.12. The second-order valence-corrected chi connectivity index (χ2v) is 11.4.